The summed E-state index contributed by atoms with van der Waals surface area (Å²) in [5.41, 5.74) is 1.23. The Morgan fingerprint density at radius 1 is 0.968 bits per heavy atom. The SMILES string of the molecule is CC(OC(=O)c1ccnc(Cl)c1)C(=O)Nc1cccc2c1C(=O)c1ccccc1C2=O. The second-order valence-corrected chi connectivity index (χ2v) is 7.22. The molecule has 0 aliphatic heterocycles. The van der Waals surface area contributed by atoms with E-state index in [1.165, 1.54) is 37.4 Å². The molecule has 1 amide bonds. The molecule has 0 bridgehead atoms. The van der Waals surface area contributed by atoms with Crippen molar-refractivity contribution in [3.63, 3.8) is 0 Å². The topological polar surface area (TPSA) is 102 Å². The molecule has 1 unspecified atom stereocenters. The molecule has 1 aromatic heterocycles. The van der Waals surface area contributed by atoms with E-state index in [4.69, 9.17) is 16.3 Å². The van der Waals surface area contributed by atoms with Crippen molar-refractivity contribution in [2.24, 2.45) is 0 Å². The number of anilines is 1. The van der Waals surface area contributed by atoms with Crippen LogP contribution in [0, 0.1) is 0 Å². The number of carbonyl (C=O) groups is 4. The third kappa shape index (κ3) is 3.83. The van der Waals surface area contributed by atoms with Crippen molar-refractivity contribution >= 4 is 40.7 Å². The average Bonchev–Trinajstić information content (AvgIpc) is 2.77. The zero-order chi connectivity index (χ0) is 22.1. The van der Waals surface area contributed by atoms with Crippen molar-refractivity contribution in [1.82, 2.24) is 4.98 Å². The number of nitrogens with zero attached hydrogens (tertiary/aromatic N) is 1. The molecule has 1 aliphatic carbocycles. The highest BCUT2D eigenvalue weighted by atomic mass is 35.5. The zero-order valence-corrected chi connectivity index (χ0v) is 17.0. The first kappa shape index (κ1) is 20.4. The Labute approximate surface area is 182 Å². The number of aromatic nitrogens is 1. The van der Waals surface area contributed by atoms with Crippen LogP contribution in [0.15, 0.2) is 60.8 Å². The monoisotopic (exact) mass is 434 g/mol. The van der Waals surface area contributed by atoms with Gasteiger partial charge in [0, 0.05) is 22.9 Å². The molecule has 1 atom stereocenters. The van der Waals surface area contributed by atoms with Crippen LogP contribution in [-0.2, 0) is 9.53 Å². The summed E-state index contributed by atoms with van der Waals surface area (Å²) < 4.78 is 5.18. The van der Waals surface area contributed by atoms with Gasteiger partial charge in [0.05, 0.1) is 16.8 Å². The Hall–Kier alpha value is -3.84. The molecule has 0 radical (unpaired) electrons. The number of amides is 1. The normalized spacial score (nSPS) is 13.1. The van der Waals surface area contributed by atoms with E-state index < -0.39 is 18.0 Å². The Morgan fingerprint density at radius 2 is 1.65 bits per heavy atom. The maximum atomic E-state index is 13.0. The third-order valence-corrected chi connectivity index (χ3v) is 5.03. The Bertz CT molecular complexity index is 1250. The van der Waals surface area contributed by atoms with Gasteiger partial charge in [-0.05, 0) is 25.1 Å². The van der Waals surface area contributed by atoms with Crippen LogP contribution in [0.25, 0.3) is 0 Å². The molecule has 2 aromatic carbocycles. The van der Waals surface area contributed by atoms with Crippen LogP contribution >= 0.6 is 11.6 Å². The number of ether oxygens (including phenoxy) is 1. The van der Waals surface area contributed by atoms with Crippen LogP contribution in [-0.4, -0.2) is 34.5 Å². The van der Waals surface area contributed by atoms with Crippen molar-refractivity contribution in [2.75, 3.05) is 5.32 Å². The van der Waals surface area contributed by atoms with Gasteiger partial charge in [0.2, 0.25) is 0 Å². The van der Waals surface area contributed by atoms with Crippen LogP contribution in [0.4, 0.5) is 5.69 Å². The van der Waals surface area contributed by atoms with E-state index in [-0.39, 0.29) is 44.7 Å². The van der Waals surface area contributed by atoms with Gasteiger partial charge in [-0.25, -0.2) is 9.78 Å². The minimum absolute atomic E-state index is 0.110. The van der Waals surface area contributed by atoms with Crippen molar-refractivity contribution in [2.45, 2.75) is 13.0 Å². The molecule has 0 spiro atoms. The molecule has 1 heterocycles. The maximum Gasteiger partial charge on any atom is 0.339 e. The van der Waals surface area contributed by atoms with Gasteiger partial charge in [-0.1, -0.05) is 48.0 Å². The number of fused-ring (bicyclic) bond motifs is 2. The van der Waals surface area contributed by atoms with Crippen molar-refractivity contribution in [1.29, 1.82) is 0 Å². The van der Waals surface area contributed by atoms with Gasteiger partial charge in [0.25, 0.3) is 5.91 Å². The fourth-order valence-corrected chi connectivity index (χ4v) is 3.47. The number of carbonyl (C=O) groups excluding carboxylic acids is 4. The number of rotatable bonds is 4. The predicted molar refractivity (Wildman–Crippen MR) is 113 cm³/mol. The lowest BCUT2D eigenvalue weighted by Crippen LogP contribution is -2.31. The molecule has 8 heteroatoms. The van der Waals surface area contributed by atoms with Crippen LogP contribution in [0.5, 0.6) is 0 Å². The quantitative estimate of drug-likeness (QED) is 0.388. The lowest BCUT2D eigenvalue weighted by Gasteiger charge is -2.21. The summed E-state index contributed by atoms with van der Waals surface area (Å²) in [5, 5.41) is 2.71. The van der Waals surface area contributed by atoms with E-state index in [9.17, 15) is 19.2 Å². The second kappa shape index (κ2) is 8.12. The number of hydrogen-bond donors (Lipinski definition) is 1. The lowest BCUT2D eigenvalue weighted by molar-refractivity contribution is -0.123. The van der Waals surface area contributed by atoms with Gasteiger partial charge in [-0.3, -0.25) is 14.4 Å². The number of benzene rings is 2. The summed E-state index contributed by atoms with van der Waals surface area (Å²) in [4.78, 5) is 54.5. The lowest BCUT2D eigenvalue weighted by atomic mass is 9.83. The highest BCUT2D eigenvalue weighted by Gasteiger charge is 2.32. The second-order valence-electron chi connectivity index (χ2n) is 6.84. The molecule has 1 aliphatic rings. The standard InChI is InChI=1S/C23H15ClN2O5/c1-12(31-23(30)13-9-10-25-18(24)11-13)22(29)26-17-8-4-7-16-19(17)21(28)15-6-3-2-5-14(15)20(16)27/h2-12H,1H3,(H,26,29). The first-order valence-corrected chi connectivity index (χ1v) is 9.69. The molecule has 0 saturated carbocycles. The summed E-state index contributed by atoms with van der Waals surface area (Å²) in [6, 6.07) is 13.9. The van der Waals surface area contributed by atoms with E-state index in [1.807, 2.05) is 0 Å². The fraction of sp³-hybridized carbons (Fsp3) is 0.0870. The number of ketones is 2. The molecule has 7 nitrogen and oxygen atoms in total. The van der Waals surface area contributed by atoms with Gasteiger partial charge in [-0.2, -0.15) is 0 Å². The first-order valence-electron chi connectivity index (χ1n) is 9.31. The van der Waals surface area contributed by atoms with Gasteiger partial charge in [0.15, 0.2) is 17.7 Å². The highest BCUT2D eigenvalue weighted by Crippen LogP contribution is 2.32. The highest BCUT2D eigenvalue weighted by molar-refractivity contribution is 6.30. The summed E-state index contributed by atoms with van der Waals surface area (Å²) in [7, 11) is 0. The molecule has 1 N–H and O–H groups in total. The average molecular weight is 435 g/mol. The van der Waals surface area contributed by atoms with Crippen LogP contribution in [0.3, 0.4) is 0 Å². The molecule has 4 rings (SSSR count). The van der Waals surface area contributed by atoms with E-state index in [0.717, 1.165) is 0 Å². The van der Waals surface area contributed by atoms with Crippen molar-refractivity contribution in [3.8, 4) is 0 Å². The number of pyridine rings is 1. The van der Waals surface area contributed by atoms with Crippen molar-refractivity contribution < 1.29 is 23.9 Å². The largest absolute Gasteiger partial charge is 0.449 e. The number of halogens is 1. The Kier molecular flexibility index (Phi) is 5.35. The maximum absolute atomic E-state index is 13.0. The zero-order valence-electron chi connectivity index (χ0n) is 16.2. The van der Waals surface area contributed by atoms with Gasteiger partial charge < -0.3 is 10.1 Å². The number of esters is 1. The first-order chi connectivity index (χ1) is 14.9. The van der Waals surface area contributed by atoms with Crippen LogP contribution in [0.1, 0.15) is 49.1 Å². The smallest absolute Gasteiger partial charge is 0.339 e. The fourth-order valence-electron chi connectivity index (χ4n) is 3.30. The van der Waals surface area contributed by atoms with E-state index in [1.54, 1.807) is 30.3 Å². The molecular formula is C23H15ClN2O5. The predicted octanol–water partition coefficient (Wildman–Crippen LogP) is 3.69. The third-order valence-electron chi connectivity index (χ3n) is 4.83. The van der Waals surface area contributed by atoms with Gasteiger partial charge in [0.1, 0.15) is 5.15 Å². The number of nitrogens with one attached hydrogen (secondary N) is 1. The molecule has 0 saturated heterocycles. The van der Waals surface area contributed by atoms with E-state index >= 15 is 0 Å². The summed E-state index contributed by atoms with van der Waals surface area (Å²) in [5.74, 6) is -2.06. The van der Waals surface area contributed by atoms with Crippen molar-refractivity contribution in [3.05, 3.63) is 93.8 Å². The van der Waals surface area contributed by atoms with Crippen LogP contribution in [0.2, 0.25) is 5.15 Å². The molecule has 154 valence electrons. The van der Waals surface area contributed by atoms with E-state index in [0.29, 0.717) is 5.56 Å². The van der Waals surface area contributed by atoms with Gasteiger partial charge >= 0.3 is 5.97 Å². The Balaban J connectivity index is 1.56. The van der Waals surface area contributed by atoms with Crippen LogP contribution < -0.4 is 5.32 Å². The molecule has 31 heavy (non-hydrogen) atoms. The summed E-state index contributed by atoms with van der Waals surface area (Å²) >= 11 is 5.77. The minimum atomic E-state index is -1.17. The molecule has 0 fully saturated rings. The summed E-state index contributed by atoms with van der Waals surface area (Å²) in [6.07, 6.45) is 0.178. The molecule has 3 aromatic rings. The van der Waals surface area contributed by atoms with Gasteiger partial charge in [-0.15, -0.1) is 0 Å². The van der Waals surface area contributed by atoms with E-state index in [2.05, 4.69) is 10.3 Å². The minimum Gasteiger partial charge on any atom is -0.449 e. The summed E-state index contributed by atoms with van der Waals surface area (Å²) in [6.45, 7) is 1.40. The molecular weight excluding hydrogens is 420 g/mol. The number of hydrogen-bond acceptors (Lipinski definition) is 6. The Morgan fingerprint density at radius 3 is 2.35 bits per heavy atom.